The minimum atomic E-state index is 0.214. The highest BCUT2D eigenvalue weighted by molar-refractivity contribution is 5.62. The van der Waals surface area contributed by atoms with E-state index in [1.165, 1.54) is 5.56 Å². The van der Waals surface area contributed by atoms with Crippen molar-refractivity contribution in [2.24, 2.45) is 5.73 Å². The first-order valence-electron chi connectivity index (χ1n) is 11.0. The Morgan fingerprint density at radius 3 is 2.58 bits per heavy atom. The van der Waals surface area contributed by atoms with Gasteiger partial charge < -0.3 is 15.2 Å². The van der Waals surface area contributed by atoms with Crippen LogP contribution in [-0.2, 0) is 15.9 Å². The Morgan fingerprint density at radius 2 is 1.81 bits per heavy atom. The van der Waals surface area contributed by atoms with Gasteiger partial charge >= 0.3 is 0 Å². The number of aryl methyl sites for hydroxylation is 1. The Labute approximate surface area is 182 Å². The fraction of sp³-hybridized carbons (Fsp3) is 0.360. The van der Waals surface area contributed by atoms with Crippen molar-refractivity contribution in [3.8, 4) is 11.4 Å². The molecule has 1 aliphatic carbocycles. The van der Waals surface area contributed by atoms with Gasteiger partial charge in [-0.2, -0.15) is 0 Å². The van der Waals surface area contributed by atoms with Gasteiger partial charge in [-0.25, -0.2) is 4.98 Å². The van der Waals surface area contributed by atoms with Gasteiger partial charge in [0.25, 0.3) is 0 Å². The van der Waals surface area contributed by atoms with Crippen molar-refractivity contribution in [2.75, 3.05) is 6.79 Å². The lowest BCUT2D eigenvalue weighted by Crippen LogP contribution is -2.27. The highest BCUT2D eigenvalue weighted by Gasteiger charge is 2.31. The molecule has 0 radical (unpaired) electrons. The molecule has 0 saturated heterocycles. The molecule has 2 N–H and O–H groups in total. The molecular weight excluding hydrogens is 388 g/mol. The van der Waals surface area contributed by atoms with Crippen LogP contribution in [0.25, 0.3) is 17.3 Å². The summed E-state index contributed by atoms with van der Waals surface area (Å²) in [6.45, 7) is 2.22. The van der Waals surface area contributed by atoms with Crippen LogP contribution in [0.5, 0.6) is 0 Å². The van der Waals surface area contributed by atoms with Gasteiger partial charge in [0.1, 0.15) is 5.82 Å². The molecule has 6 nitrogen and oxygen atoms in total. The van der Waals surface area contributed by atoms with E-state index in [9.17, 15) is 0 Å². The summed E-state index contributed by atoms with van der Waals surface area (Å²) in [5, 5.41) is 0. The molecule has 160 valence electrons. The van der Waals surface area contributed by atoms with E-state index >= 15 is 0 Å². The second-order valence-electron chi connectivity index (χ2n) is 8.41. The zero-order valence-electron chi connectivity index (χ0n) is 17.8. The number of nitrogens with zero attached hydrogens (tertiary/aromatic N) is 3. The first-order valence-corrected chi connectivity index (χ1v) is 11.0. The normalized spacial score (nSPS) is 21.1. The maximum absolute atomic E-state index is 6.16. The van der Waals surface area contributed by atoms with Crippen LogP contribution in [0.2, 0.25) is 0 Å². The molecule has 6 heteroatoms. The lowest BCUT2D eigenvalue weighted by Gasteiger charge is -2.26. The number of hydrogen-bond donors (Lipinski definition) is 1. The second-order valence-corrected chi connectivity index (χ2v) is 8.41. The van der Waals surface area contributed by atoms with Crippen molar-refractivity contribution in [3.05, 3.63) is 77.6 Å². The lowest BCUT2D eigenvalue weighted by atomic mass is 9.86. The summed E-state index contributed by atoms with van der Waals surface area (Å²) in [5.41, 5.74) is 10.1. The van der Waals surface area contributed by atoms with Crippen molar-refractivity contribution < 1.29 is 9.47 Å². The van der Waals surface area contributed by atoms with Gasteiger partial charge in [-0.15, -0.1) is 0 Å². The number of allylic oxidation sites excluding steroid dienone is 1. The number of hydrogen-bond acceptors (Lipinski definition) is 5. The Balaban J connectivity index is 1.61. The lowest BCUT2D eigenvalue weighted by molar-refractivity contribution is 0.0821. The van der Waals surface area contributed by atoms with Gasteiger partial charge in [-0.05, 0) is 50.3 Å². The molecule has 3 aromatic rings. The summed E-state index contributed by atoms with van der Waals surface area (Å²) in [5.74, 6) is 2.90. The molecule has 0 amide bonds. The Hall–Kier alpha value is -3.12. The van der Waals surface area contributed by atoms with E-state index in [2.05, 4.69) is 16.7 Å². The predicted molar refractivity (Wildman–Crippen MR) is 120 cm³/mol. The number of ether oxygens (including phenoxy) is 2. The van der Waals surface area contributed by atoms with Crippen LogP contribution in [0.1, 0.15) is 48.7 Å². The van der Waals surface area contributed by atoms with E-state index in [-0.39, 0.29) is 12.8 Å². The number of nitrogens with two attached hydrogens (primary N) is 1. The Bertz CT molecular complexity index is 1080. The Morgan fingerprint density at radius 1 is 1.00 bits per heavy atom. The molecule has 1 saturated carbocycles. The minimum Gasteiger partial charge on any atom is -0.456 e. The van der Waals surface area contributed by atoms with Gasteiger partial charge in [0.15, 0.2) is 5.76 Å². The van der Waals surface area contributed by atoms with Crippen LogP contribution < -0.4 is 5.73 Å². The molecule has 2 aliphatic rings. The first-order chi connectivity index (χ1) is 15.2. The van der Waals surface area contributed by atoms with Crippen LogP contribution in [0.3, 0.4) is 0 Å². The molecule has 1 aliphatic heterocycles. The molecule has 2 aromatic heterocycles. The number of pyridine rings is 1. The van der Waals surface area contributed by atoms with E-state index in [1.54, 1.807) is 0 Å². The van der Waals surface area contributed by atoms with Gasteiger partial charge in [-0.3, -0.25) is 9.55 Å². The van der Waals surface area contributed by atoms with Crippen LogP contribution in [0.15, 0.2) is 60.5 Å². The average molecular weight is 417 g/mol. The maximum atomic E-state index is 6.16. The van der Waals surface area contributed by atoms with E-state index in [0.29, 0.717) is 12.3 Å². The third-order valence-electron chi connectivity index (χ3n) is 6.15. The van der Waals surface area contributed by atoms with Crippen LogP contribution in [0, 0.1) is 6.92 Å². The fourth-order valence-corrected chi connectivity index (χ4v) is 4.51. The van der Waals surface area contributed by atoms with Crippen molar-refractivity contribution in [1.29, 1.82) is 0 Å². The van der Waals surface area contributed by atoms with Gasteiger partial charge in [0.05, 0.1) is 17.6 Å². The molecule has 1 fully saturated rings. The van der Waals surface area contributed by atoms with Crippen molar-refractivity contribution in [3.63, 3.8) is 0 Å². The summed E-state index contributed by atoms with van der Waals surface area (Å²) in [4.78, 5) is 9.62. The summed E-state index contributed by atoms with van der Waals surface area (Å²) in [6, 6.07) is 16.7. The van der Waals surface area contributed by atoms with E-state index in [1.807, 2.05) is 49.5 Å². The summed E-state index contributed by atoms with van der Waals surface area (Å²) >= 11 is 0. The second kappa shape index (κ2) is 8.55. The standard InChI is InChI=1S/C25H28N4O2/c1-17-6-5-9-21(28-17)22-15-27-24(19-10-12-20(26)13-11-19)29(22)25-23(30-16-31-25)14-18-7-3-2-4-8-18/h2-9,15,19-20H,10-14,16,26H2,1H3. The molecule has 1 aromatic carbocycles. The van der Waals surface area contributed by atoms with Crippen molar-refractivity contribution in [2.45, 2.75) is 51.0 Å². The minimum absolute atomic E-state index is 0.214. The largest absolute Gasteiger partial charge is 0.456 e. The summed E-state index contributed by atoms with van der Waals surface area (Å²) in [7, 11) is 0. The van der Waals surface area contributed by atoms with E-state index < -0.39 is 0 Å². The van der Waals surface area contributed by atoms with Crippen LogP contribution in [0.4, 0.5) is 0 Å². The van der Waals surface area contributed by atoms with Gasteiger partial charge in [-0.1, -0.05) is 36.4 Å². The fourth-order valence-electron chi connectivity index (χ4n) is 4.51. The maximum Gasteiger partial charge on any atom is 0.242 e. The highest BCUT2D eigenvalue weighted by atomic mass is 16.7. The van der Waals surface area contributed by atoms with E-state index in [4.69, 9.17) is 25.2 Å². The molecule has 0 bridgehead atoms. The molecule has 0 unspecified atom stereocenters. The smallest absolute Gasteiger partial charge is 0.242 e. The van der Waals surface area contributed by atoms with Crippen LogP contribution >= 0.6 is 0 Å². The molecule has 3 heterocycles. The topological polar surface area (TPSA) is 75.2 Å². The summed E-state index contributed by atoms with van der Waals surface area (Å²) in [6.07, 6.45) is 6.68. The quantitative estimate of drug-likeness (QED) is 0.657. The van der Waals surface area contributed by atoms with E-state index in [0.717, 1.165) is 60.2 Å². The highest BCUT2D eigenvalue weighted by Crippen LogP contribution is 2.37. The Kier molecular flexibility index (Phi) is 5.47. The summed E-state index contributed by atoms with van der Waals surface area (Å²) < 4.78 is 14.1. The average Bonchev–Trinajstić information content (AvgIpc) is 3.42. The predicted octanol–water partition coefficient (Wildman–Crippen LogP) is 4.61. The van der Waals surface area contributed by atoms with Crippen molar-refractivity contribution in [1.82, 2.24) is 14.5 Å². The SMILES string of the molecule is Cc1cccc(-c2cnc(C3CCC(N)CC3)n2C2=C(Cc3ccccc3)OCO2)n1. The molecule has 31 heavy (non-hydrogen) atoms. The number of rotatable bonds is 5. The van der Waals surface area contributed by atoms with Gasteiger partial charge in [0.2, 0.25) is 12.7 Å². The third-order valence-corrected chi connectivity index (χ3v) is 6.15. The number of aromatic nitrogens is 3. The zero-order chi connectivity index (χ0) is 21.2. The van der Waals surface area contributed by atoms with Gasteiger partial charge in [0, 0.05) is 24.1 Å². The monoisotopic (exact) mass is 416 g/mol. The molecule has 0 spiro atoms. The van der Waals surface area contributed by atoms with Crippen molar-refractivity contribution >= 4 is 5.88 Å². The molecular formula is C25H28N4O2. The first kappa shape index (κ1) is 19.8. The molecule has 5 rings (SSSR count). The zero-order valence-corrected chi connectivity index (χ0v) is 17.8. The number of imidazole rings is 1. The number of benzene rings is 1. The molecule has 0 atom stereocenters. The van der Waals surface area contributed by atoms with Crippen LogP contribution in [-0.4, -0.2) is 27.4 Å². The third kappa shape index (κ3) is 4.08.